The van der Waals surface area contributed by atoms with Crippen molar-refractivity contribution in [3.8, 4) is 0 Å². The number of hydrogen-bond acceptors (Lipinski definition) is 1. The second-order valence-electron chi connectivity index (χ2n) is 5.41. The van der Waals surface area contributed by atoms with E-state index in [1.54, 1.807) is 6.07 Å². The molecule has 0 bridgehead atoms. The Kier molecular flexibility index (Phi) is 4.76. The summed E-state index contributed by atoms with van der Waals surface area (Å²) in [5.41, 5.74) is 2.87. The van der Waals surface area contributed by atoms with Crippen molar-refractivity contribution in [3.63, 3.8) is 0 Å². The molecule has 2 N–H and O–H groups in total. The van der Waals surface area contributed by atoms with Gasteiger partial charge in [0.15, 0.2) is 0 Å². The topological polar surface area (TPSA) is 44.9 Å². The molecule has 0 radical (unpaired) electrons. The van der Waals surface area contributed by atoms with Crippen LogP contribution in [0.15, 0.2) is 53.1 Å². The van der Waals surface area contributed by atoms with Crippen molar-refractivity contribution in [3.05, 3.63) is 70.1 Å². The van der Waals surface area contributed by atoms with Gasteiger partial charge in [0.25, 0.3) is 0 Å². The third-order valence-corrected chi connectivity index (χ3v) is 4.19. The van der Waals surface area contributed by atoms with Gasteiger partial charge in [-0.25, -0.2) is 4.39 Å². The Balaban J connectivity index is 1.56. The average molecular weight is 375 g/mol. The van der Waals surface area contributed by atoms with Crippen LogP contribution in [0.2, 0.25) is 0 Å². The number of hydrogen-bond donors (Lipinski definition) is 2. The van der Waals surface area contributed by atoms with Crippen molar-refractivity contribution in [1.82, 2.24) is 10.3 Å². The molecule has 0 unspecified atom stereocenters. The maximum atomic E-state index is 13.3. The molecule has 118 valence electrons. The van der Waals surface area contributed by atoms with Crippen LogP contribution < -0.4 is 5.32 Å². The smallest absolute Gasteiger partial charge is 0.224 e. The number of halogens is 2. The number of amides is 1. The molecule has 1 amide bonds. The molecular formula is C18H16BrFN2O. The third-order valence-electron chi connectivity index (χ3n) is 3.70. The molecule has 3 aromatic rings. The minimum atomic E-state index is -0.253. The van der Waals surface area contributed by atoms with Crippen molar-refractivity contribution >= 4 is 32.7 Å². The van der Waals surface area contributed by atoms with Crippen molar-refractivity contribution in [2.75, 3.05) is 6.54 Å². The molecule has 5 heteroatoms. The van der Waals surface area contributed by atoms with Crippen LogP contribution in [0.25, 0.3) is 10.9 Å². The van der Waals surface area contributed by atoms with E-state index in [0.29, 0.717) is 19.4 Å². The van der Waals surface area contributed by atoms with Gasteiger partial charge in [-0.2, -0.15) is 0 Å². The van der Waals surface area contributed by atoms with E-state index in [1.165, 1.54) is 12.1 Å². The van der Waals surface area contributed by atoms with E-state index < -0.39 is 0 Å². The maximum Gasteiger partial charge on any atom is 0.224 e. The SMILES string of the molecule is O=C(Cc1cccc(Br)c1)NCCc1c[nH]c2ccc(F)cc12. The number of aromatic amines is 1. The molecule has 1 heterocycles. The van der Waals surface area contributed by atoms with Gasteiger partial charge in [-0.15, -0.1) is 0 Å². The summed E-state index contributed by atoms with van der Waals surface area (Å²) in [6, 6.07) is 12.4. The predicted molar refractivity (Wildman–Crippen MR) is 92.8 cm³/mol. The summed E-state index contributed by atoms with van der Waals surface area (Å²) in [6.07, 6.45) is 2.88. The molecule has 3 rings (SSSR count). The Hall–Kier alpha value is -2.14. The van der Waals surface area contributed by atoms with E-state index in [0.717, 1.165) is 26.5 Å². The minimum absolute atomic E-state index is 0.0193. The Morgan fingerprint density at radius 3 is 2.91 bits per heavy atom. The molecule has 0 aliphatic heterocycles. The van der Waals surface area contributed by atoms with E-state index in [-0.39, 0.29) is 11.7 Å². The standard InChI is InChI=1S/C18H16BrFN2O/c19-14-3-1-2-12(8-14)9-18(23)21-7-6-13-11-22-17-5-4-15(20)10-16(13)17/h1-5,8,10-11,22H,6-7,9H2,(H,21,23). The van der Waals surface area contributed by atoms with Crippen molar-refractivity contribution in [1.29, 1.82) is 0 Å². The molecule has 0 aliphatic carbocycles. The molecule has 0 saturated heterocycles. The van der Waals surface area contributed by atoms with Crippen molar-refractivity contribution in [2.24, 2.45) is 0 Å². The molecule has 0 atom stereocenters. The summed E-state index contributed by atoms with van der Waals surface area (Å²) in [7, 11) is 0. The maximum absolute atomic E-state index is 13.3. The van der Waals surface area contributed by atoms with E-state index in [9.17, 15) is 9.18 Å². The highest BCUT2D eigenvalue weighted by Gasteiger charge is 2.07. The molecule has 23 heavy (non-hydrogen) atoms. The van der Waals surface area contributed by atoms with Gasteiger partial charge in [0.2, 0.25) is 5.91 Å². The van der Waals surface area contributed by atoms with E-state index in [4.69, 9.17) is 0 Å². The lowest BCUT2D eigenvalue weighted by Crippen LogP contribution is -2.27. The number of aromatic nitrogens is 1. The van der Waals surface area contributed by atoms with Gasteiger partial charge in [-0.3, -0.25) is 4.79 Å². The Labute approximate surface area is 142 Å². The van der Waals surface area contributed by atoms with Gasteiger partial charge in [0, 0.05) is 28.1 Å². The highest BCUT2D eigenvalue weighted by atomic mass is 79.9. The van der Waals surface area contributed by atoms with E-state index in [2.05, 4.69) is 26.2 Å². The van der Waals surface area contributed by atoms with Gasteiger partial charge in [0.1, 0.15) is 5.82 Å². The normalized spacial score (nSPS) is 10.9. The lowest BCUT2D eigenvalue weighted by molar-refractivity contribution is -0.120. The van der Waals surface area contributed by atoms with Gasteiger partial charge >= 0.3 is 0 Å². The summed E-state index contributed by atoms with van der Waals surface area (Å²) >= 11 is 3.39. The highest BCUT2D eigenvalue weighted by Crippen LogP contribution is 2.19. The van der Waals surface area contributed by atoms with Crippen LogP contribution in [0, 0.1) is 5.82 Å². The predicted octanol–water partition coefficient (Wildman–Crippen LogP) is 3.97. The number of carbonyl (C=O) groups excluding carboxylic acids is 1. The summed E-state index contributed by atoms with van der Waals surface area (Å²) < 4.78 is 14.3. The van der Waals surface area contributed by atoms with E-state index in [1.807, 2.05) is 30.5 Å². The first-order valence-electron chi connectivity index (χ1n) is 7.38. The molecular weight excluding hydrogens is 359 g/mol. The first-order chi connectivity index (χ1) is 11.1. The van der Waals surface area contributed by atoms with Crippen LogP contribution in [0.5, 0.6) is 0 Å². The number of nitrogens with one attached hydrogen (secondary N) is 2. The van der Waals surface area contributed by atoms with Crippen LogP contribution in [0.3, 0.4) is 0 Å². The highest BCUT2D eigenvalue weighted by molar-refractivity contribution is 9.10. The molecule has 1 aromatic heterocycles. The zero-order chi connectivity index (χ0) is 16.2. The van der Waals surface area contributed by atoms with Crippen LogP contribution in [0.1, 0.15) is 11.1 Å². The first kappa shape index (κ1) is 15.7. The van der Waals surface area contributed by atoms with Crippen LogP contribution >= 0.6 is 15.9 Å². The molecule has 0 aliphatic rings. The Bertz CT molecular complexity index is 844. The lowest BCUT2D eigenvalue weighted by atomic mass is 10.1. The Morgan fingerprint density at radius 1 is 1.22 bits per heavy atom. The van der Waals surface area contributed by atoms with Gasteiger partial charge in [0.05, 0.1) is 6.42 Å². The minimum Gasteiger partial charge on any atom is -0.361 e. The molecule has 3 nitrogen and oxygen atoms in total. The van der Waals surface area contributed by atoms with Gasteiger partial charge < -0.3 is 10.3 Å². The van der Waals surface area contributed by atoms with Crippen molar-refractivity contribution in [2.45, 2.75) is 12.8 Å². The summed E-state index contributed by atoms with van der Waals surface area (Å²) in [4.78, 5) is 15.1. The van der Waals surface area contributed by atoms with Crippen LogP contribution in [-0.4, -0.2) is 17.4 Å². The number of carbonyl (C=O) groups is 1. The molecule has 2 aromatic carbocycles. The first-order valence-corrected chi connectivity index (χ1v) is 8.18. The van der Waals surface area contributed by atoms with Crippen LogP contribution in [0.4, 0.5) is 4.39 Å². The summed E-state index contributed by atoms with van der Waals surface area (Å²) in [5, 5.41) is 3.77. The number of H-pyrrole nitrogens is 1. The number of rotatable bonds is 5. The second kappa shape index (κ2) is 6.96. The van der Waals surface area contributed by atoms with Gasteiger partial charge in [-0.1, -0.05) is 28.1 Å². The van der Waals surface area contributed by atoms with Crippen LogP contribution in [-0.2, 0) is 17.6 Å². The fraction of sp³-hybridized carbons (Fsp3) is 0.167. The second-order valence-corrected chi connectivity index (χ2v) is 6.33. The summed E-state index contributed by atoms with van der Waals surface area (Å²) in [6.45, 7) is 0.524. The summed E-state index contributed by atoms with van der Waals surface area (Å²) in [5.74, 6) is -0.272. The fourth-order valence-corrected chi connectivity index (χ4v) is 3.04. The molecule has 0 fully saturated rings. The third kappa shape index (κ3) is 3.99. The average Bonchev–Trinajstić information content (AvgIpc) is 2.90. The zero-order valence-corrected chi connectivity index (χ0v) is 14.0. The Morgan fingerprint density at radius 2 is 2.09 bits per heavy atom. The molecule has 0 saturated carbocycles. The lowest BCUT2D eigenvalue weighted by Gasteiger charge is -2.05. The number of fused-ring (bicyclic) bond motifs is 1. The van der Waals surface area contributed by atoms with Crippen molar-refractivity contribution < 1.29 is 9.18 Å². The fourth-order valence-electron chi connectivity index (χ4n) is 2.59. The number of benzene rings is 2. The largest absolute Gasteiger partial charge is 0.361 e. The van der Waals surface area contributed by atoms with Gasteiger partial charge in [-0.05, 0) is 47.9 Å². The molecule has 0 spiro atoms. The zero-order valence-electron chi connectivity index (χ0n) is 12.4. The van der Waals surface area contributed by atoms with E-state index >= 15 is 0 Å². The quantitative estimate of drug-likeness (QED) is 0.697. The monoisotopic (exact) mass is 374 g/mol.